The van der Waals surface area contributed by atoms with Gasteiger partial charge < -0.3 is 10.1 Å². The van der Waals surface area contributed by atoms with Gasteiger partial charge in [-0.1, -0.05) is 6.07 Å². The number of benzene rings is 2. The predicted octanol–water partition coefficient (Wildman–Crippen LogP) is 3.54. The molecule has 0 radical (unpaired) electrons. The molecule has 3 aromatic rings. The molecular weight excluding hydrogens is 285 g/mol. The summed E-state index contributed by atoms with van der Waals surface area (Å²) in [6.07, 6.45) is 1.58. The van der Waals surface area contributed by atoms with Crippen molar-refractivity contribution in [2.75, 3.05) is 12.4 Å². The van der Waals surface area contributed by atoms with Crippen molar-refractivity contribution in [2.24, 2.45) is 0 Å². The van der Waals surface area contributed by atoms with Gasteiger partial charge in [0, 0.05) is 5.39 Å². The number of aromatic nitrogens is 2. The van der Waals surface area contributed by atoms with E-state index >= 15 is 0 Å². The fourth-order valence-corrected chi connectivity index (χ4v) is 2.29. The van der Waals surface area contributed by atoms with Crippen molar-refractivity contribution in [3.05, 3.63) is 53.5 Å². The summed E-state index contributed by atoms with van der Waals surface area (Å²) in [5.41, 5.74) is 2.61. The lowest BCUT2D eigenvalue weighted by atomic mass is 10.1. The molecular formula is C16H14FN3O2. The highest BCUT2D eigenvalue weighted by Gasteiger charge is 2.17. The third-order valence-electron chi connectivity index (χ3n) is 3.41. The highest BCUT2D eigenvalue weighted by atomic mass is 19.1. The standard InChI is InChI=1S/C16H14FN3O2/c1-9-3-5-14(12(17)7-9)19-15-10(16(21)22-2)4-6-13-11(15)8-18-20-13/h3-8,19H,1-2H3,(H,18,20). The van der Waals surface area contributed by atoms with Crippen LogP contribution >= 0.6 is 0 Å². The zero-order valence-electron chi connectivity index (χ0n) is 12.1. The van der Waals surface area contributed by atoms with E-state index in [2.05, 4.69) is 15.5 Å². The number of hydrogen-bond acceptors (Lipinski definition) is 4. The van der Waals surface area contributed by atoms with Crippen LogP contribution in [0.2, 0.25) is 0 Å². The van der Waals surface area contributed by atoms with Gasteiger partial charge in [-0.05, 0) is 36.8 Å². The van der Waals surface area contributed by atoms with Crippen molar-refractivity contribution in [2.45, 2.75) is 6.92 Å². The van der Waals surface area contributed by atoms with Gasteiger partial charge in [-0.3, -0.25) is 5.10 Å². The SMILES string of the molecule is COC(=O)c1ccc2[nH]ncc2c1Nc1ccc(C)cc1F. The lowest BCUT2D eigenvalue weighted by Crippen LogP contribution is -2.06. The number of fused-ring (bicyclic) bond motifs is 1. The van der Waals surface area contributed by atoms with Crippen LogP contribution in [0.4, 0.5) is 15.8 Å². The molecule has 0 bridgehead atoms. The Bertz CT molecular complexity index is 858. The van der Waals surface area contributed by atoms with Crippen molar-refractivity contribution < 1.29 is 13.9 Å². The van der Waals surface area contributed by atoms with Crippen molar-refractivity contribution in [3.63, 3.8) is 0 Å². The van der Waals surface area contributed by atoms with E-state index in [9.17, 15) is 9.18 Å². The Morgan fingerprint density at radius 2 is 2.14 bits per heavy atom. The number of carbonyl (C=O) groups excluding carboxylic acids is 1. The first-order valence-corrected chi connectivity index (χ1v) is 6.67. The molecule has 0 aliphatic rings. The van der Waals surface area contributed by atoms with E-state index in [1.165, 1.54) is 13.2 Å². The maximum absolute atomic E-state index is 14.1. The molecule has 0 amide bonds. The summed E-state index contributed by atoms with van der Waals surface area (Å²) in [5.74, 6) is -0.894. The van der Waals surface area contributed by atoms with Crippen LogP contribution in [0.1, 0.15) is 15.9 Å². The monoisotopic (exact) mass is 299 g/mol. The summed E-state index contributed by atoms with van der Waals surface area (Å²) >= 11 is 0. The van der Waals surface area contributed by atoms with Crippen LogP contribution in [0.25, 0.3) is 10.9 Å². The van der Waals surface area contributed by atoms with Gasteiger partial charge in [0.15, 0.2) is 0 Å². The minimum Gasteiger partial charge on any atom is -0.465 e. The summed E-state index contributed by atoms with van der Waals surface area (Å²) in [6, 6.07) is 8.19. The second-order valence-corrected chi connectivity index (χ2v) is 4.92. The molecule has 1 aromatic heterocycles. The first-order chi connectivity index (χ1) is 10.6. The fourth-order valence-electron chi connectivity index (χ4n) is 2.29. The summed E-state index contributed by atoms with van der Waals surface area (Å²) in [5, 5.41) is 10.4. The van der Waals surface area contributed by atoms with E-state index in [-0.39, 0.29) is 5.69 Å². The number of rotatable bonds is 3. The lowest BCUT2D eigenvalue weighted by molar-refractivity contribution is 0.0602. The molecule has 3 rings (SSSR count). The largest absolute Gasteiger partial charge is 0.465 e. The molecule has 0 atom stereocenters. The molecule has 2 aromatic carbocycles. The number of hydrogen-bond donors (Lipinski definition) is 2. The van der Waals surface area contributed by atoms with Gasteiger partial charge >= 0.3 is 5.97 Å². The number of halogens is 1. The van der Waals surface area contributed by atoms with Crippen molar-refractivity contribution in [1.29, 1.82) is 0 Å². The summed E-state index contributed by atoms with van der Waals surface area (Å²) < 4.78 is 18.9. The van der Waals surface area contributed by atoms with E-state index in [1.807, 2.05) is 6.92 Å². The molecule has 5 nitrogen and oxygen atoms in total. The molecule has 1 heterocycles. The normalized spacial score (nSPS) is 10.7. The second kappa shape index (κ2) is 5.48. The van der Waals surface area contributed by atoms with Gasteiger partial charge in [-0.25, -0.2) is 9.18 Å². The number of nitrogens with one attached hydrogen (secondary N) is 2. The van der Waals surface area contributed by atoms with Crippen molar-refractivity contribution >= 4 is 28.2 Å². The number of aromatic amines is 1. The Balaban J connectivity index is 2.15. The molecule has 0 aliphatic carbocycles. The van der Waals surface area contributed by atoms with Crippen LogP contribution in [-0.4, -0.2) is 23.3 Å². The Labute approximate surface area is 126 Å². The lowest BCUT2D eigenvalue weighted by Gasteiger charge is -2.13. The van der Waals surface area contributed by atoms with Crippen LogP contribution in [0, 0.1) is 12.7 Å². The Morgan fingerprint density at radius 3 is 2.86 bits per heavy atom. The van der Waals surface area contributed by atoms with Crippen molar-refractivity contribution in [1.82, 2.24) is 10.2 Å². The van der Waals surface area contributed by atoms with Crippen LogP contribution < -0.4 is 5.32 Å². The Hall–Kier alpha value is -2.89. The average Bonchev–Trinajstić information content (AvgIpc) is 2.98. The van der Waals surface area contributed by atoms with Crippen LogP contribution in [0.3, 0.4) is 0 Å². The van der Waals surface area contributed by atoms with E-state index in [1.54, 1.807) is 30.5 Å². The molecule has 0 fully saturated rings. The van der Waals surface area contributed by atoms with E-state index in [4.69, 9.17) is 4.74 Å². The van der Waals surface area contributed by atoms with Gasteiger partial charge in [-0.2, -0.15) is 5.10 Å². The van der Waals surface area contributed by atoms with E-state index < -0.39 is 11.8 Å². The first kappa shape index (κ1) is 14.1. The topological polar surface area (TPSA) is 67.0 Å². The maximum atomic E-state index is 14.1. The average molecular weight is 299 g/mol. The molecule has 0 aliphatic heterocycles. The number of esters is 1. The molecule has 0 unspecified atom stereocenters. The Morgan fingerprint density at radius 1 is 1.32 bits per heavy atom. The number of methoxy groups -OCH3 is 1. The second-order valence-electron chi connectivity index (χ2n) is 4.92. The van der Waals surface area contributed by atoms with Gasteiger partial charge in [0.25, 0.3) is 0 Å². The summed E-state index contributed by atoms with van der Waals surface area (Å²) in [4.78, 5) is 11.9. The van der Waals surface area contributed by atoms with Crippen LogP contribution in [0.5, 0.6) is 0 Å². The number of ether oxygens (including phenoxy) is 1. The zero-order valence-corrected chi connectivity index (χ0v) is 12.1. The van der Waals surface area contributed by atoms with Gasteiger partial charge in [0.2, 0.25) is 0 Å². The fraction of sp³-hybridized carbons (Fsp3) is 0.125. The molecule has 6 heteroatoms. The molecule has 22 heavy (non-hydrogen) atoms. The molecule has 0 saturated heterocycles. The van der Waals surface area contributed by atoms with E-state index in [0.717, 1.165) is 11.1 Å². The van der Waals surface area contributed by atoms with E-state index in [0.29, 0.717) is 16.6 Å². The minimum absolute atomic E-state index is 0.282. The van der Waals surface area contributed by atoms with Gasteiger partial charge in [-0.15, -0.1) is 0 Å². The summed E-state index contributed by atoms with van der Waals surface area (Å²) in [7, 11) is 1.30. The smallest absolute Gasteiger partial charge is 0.339 e. The van der Waals surface area contributed by atoms with Crippen LogP contribution in [0.15, 0.2) is 36.5 Å². The molecule has 112 valence electrons. The quantitative estimate of drug-likeness (QED) is 0.726. The van der Waals surface area contributed by atoms with Crippen LogP contribution in [-0.2, 0) is 4.74 Å². The minimum atomic E-state index is -0.502. The number of nitrogens with zero attached hydrogens (tertiary/aromatic N) is 1. The first-order valence-electron chi connectivity index (χ1n) is 6.67. The van der Waals surface area contributed by atoms with Gasteiger partial charge in [0.05, 0.1) is 35.8 Å². The maximum Gasteiger partial charge on any atom is 0.339 e. The third kappa shape index (κ3) is 2.39. The number of carbonyl (C=O) groups is 1. The number of H-pyrrole nitrogens is 1. The Kier molecular flexibility index (Phi) is 3.50. The summed E-state index contributed by atoms with van der Waals surface area (Å²) in [6.45, 7) is 1.81. The molecule has 0 spiro atoms. The molecule has 0 saturated carbocycles. The predicted molar refractivity (Wildman–Crippen MR) is 81.9 cm³/mol. The highest BCUT2D eigenvalue weighted by Crippen LogP contribution is 2.31. The highest BCUT2D eigenvalue weighted by molar-refractivity contribution is 6.06. The zero-order chi connectivity index (χ0) is 15.7. The third-order valence-corrected chi connectivity index (χ3v) is 3.41. The van der Waals surface area contributed by atoms with Crippen molar-refractivity contribution in [3.8, 4) is 0 Å². The van der Waals surface area contributed by atoms with Gasteiger partial charge in [0.1, 0.15) is 5.82 Å². The number of anilines is 2. The number of aryl methyl sites for hydroxylation is 1. The molecule has 2 N–H and O–H groups in total.